The summed E-state index contributed by atoms with van der Waals surface area (Å²) in [4.78, 5) is 3.51. The van der Waals surface area contributed by atoms with Gasteiger partial charge in [0.25, 0.3) is 0 Å². The molecular weight excluding hydrogens is 294 g/mol. The molecule has 2 aromatic carbocycles. The molecule has 0 atom stereocenters. The van der Waals surface area contributed by atoms with Gasteiger partial charge in [-0.3, -0.25) is 0 Å². The molecule has 20 heavy (non-hydrogen) atoms. The van der Waals surface area contributed by atoms with Crippen LogP contribution in [0.1, 0.15) is 5.56 Å². The maximum atomic E-state index is 12.7. The lowest BCUT2D eigenvalue weighted by Gasteiger charge is -2.03. The Morgan fingerprint density at radius 3 is 2.45 bits per heavy atom. The summed E-state index contributed by atoms with van der Waals surface area (Å²) < 4.78 is 25.3. The van der Waals surface area contributed by atoms with Crippen LogP contribution in [0, 0.1) is 6.92 Å². The van der Waals surface area contributed by atoms with Crippen molar-refractivity contribution in [2.24, 2.45) is 0 Å². The van der Waals surface area contributed by atoms with Crippen molar-refractivity contribution < 1.29 is 8.42 Å². The van der Waals surface area contributed by atoms with Gasteiger partial charge in [0.15, 0.2) is 0 Å². The number of fused-ring (bicyclic) bond motifs is 1. The Morgan fingerprint density at radius 1 is 1.05 bits per heavy atom. The first-order valence-corrected chi connectivity index (χ1v) is 7.93. The highest BCUT2D eigenvalue weighted by Gasteiger charge is 2.21. The molecule has 0 unspecified atom stereocenters. The molecule has 0 spiro atoms. The van der Waals surface area contributed by atoms with E-state index >= 15 is 0 Å². The van der Waals surface area contributed by atoms with Crippen LogP contribution < -0.4 is 0 Å². The normalized spacial score (nSPS) is 11.9. The average molecular weight is 306 g/mol. The zero-order chi connectivity index (χ0) is 14.3. The number of rotatable bonds is 2. The number of halogens is 1. The molecule has 102 valence electrons. The summed E-state index contributed by atoms with van der Waals surface area (Å²) in [6.07, 6.45) is 1.51. The number of hydrogen-bond acceptors (Lipinski definition) is 2. The van der Waals surface area contributed by atoms with Gasteiger partial charge in [0.1, 0.15) is 0 Å². The van der Waals surface area contributed by atoms with Gasteiger partial charge in [-0.05, 0) is 31.2 Å². The molecular formula is C15H12ClNO2S. The minimum Gasteiger partial charge on any atom is -0.360 e. The van der Waals surface area contributed by atoms with Crippen molar-refractivity contribution in [3.63, 3.8) is 0 Å². The Kier molecular flexibility index (Phi) is 3.07. The van der Waals surface area contributed by atoms with E-state index in [9.17, 15) is 8.42 Å². The molecule has 0 bridgehead atoms. The van der Waals surface area contributed by atoms with E-state index in [1.54, 1.807) is 42.5 Å². The summed E-state index contributed by atoms with van der Waals surface area (Å²) in [5.74, 6) is 0. The lowest BCUT2D eigenvalue weighted by molar-refractivity contribution is 0.597. The van der Waals surface area contributed by atoms with E-state index in [0.29, 0.717) is 20.8 Å². The lowest BCUT2D eigenvalue weighted by atomic mass is 10.2. The molecule has 0 radical (unpaired) electrons. The molecule has 0 aliphatic heterocycles. The molecule has 3 aromatic rings. The summed E-state index contributed by atoms with van der Waals surface area (Å²) in [7, 11) is -3.53. The van der Waals surface area contributed by atoms with Crippen LogP contribution in [0.3, 0.4) is 0 Å². The highest BCUT2D eigenvalue weighted by molar-refractivity contribution is 7.91. The van der Waals surface area contributed by atoms with Crippen molar-refractivity contribution in [3.8, 4) is 0 Å². The van der Waals surface area contributed by atoms with Gasteiger partial charge >= 0.3 is 0 Å². The van der Waals surface area contributed by atoms with Crippen molar-refractivity contribution in [2.45, 2.75) is 16.7 Å². The number of benzene rings is 2. The Hall–Kier alpha value is -1.78. The molecule has 0 saturated heterocycles. The zero-order valence-electron chi connectivity index (χ0n) is 10.7. The molecule has 5 heteroatoms. The number of aryl methyl sites for hydroxylation is 1. The molecule has 0 aliphatic carbocycles. The third-order valence-corrected chi connectivity index (χ3v) is 5.27. The van der Waals surface area contributed by atoms with Crippen molar-refractivity contribution in [3.05, 3.63) is 59.2 Å². The highest BCUT2D eigenvalue weighted by Crippen LogP contribution is 2.29. The van der Waals surface area contributed by atoms with E-state index < -0.39 is 9.84 Å². The molecule has 0 amide bonds. The molecule has 1 aromatic heterocycles. The topological polar surface area (TPSA) is 49.9 Å². The maximum absolute atomic E-state index is 12.7. The van der Waals surface area contributed by atoms with Crippen LogP contribution in [0.4, 0.5) is 0 Å². The smallest absolute Gasteiger partial charge is 0.208 e. The zero-order valence-corrected chi connectivity index (χ0v) is 12.3. The predicted octanol–water partition coefficient (Wildman–Crippen LogP) is 3.96. The van der Waals surface area contributed by atoms with E-state index in [1.165, 1.54) is 6.20 Å². The van der Waals surface area contributed by atoms with Crippen LogP contribution in [-0.2, 0) is 9.84 Å². The third kappa shape index (κ3) is 2.11. The standard InChI is InChI=1S/C15H12ClNO2S/c1-10-2-5-12(6-3-10)20(18,19)15-9-17-14-8-11(16)4-7-13(14)15/h2-9,17H,1H3. The van der Waals surface area contributed by atoms with Crippen molar-refractivity contribution in [1.29, 1.82) is 0 Å². The van der Waals surface area contributed by atoms with Crippen molar-refractivity contribution in [1.82, 2.24) is 4.98 Å². The molecule has 3 rings (SSSR count). The summed E-state index contributed by atoms with van der Waals surface area (Å²) in [5, 5.41) is 1.22. The van der Waals surface area contributed by atoms with E-state index in [4.69, 9.17) is 11.6 Å². The second-order valence-electron chi connectivity index (χ2n) is 4.66. The second kappa shape index (κ2) is 4.65. The van der Waals surface area contributed by atoms with E-state index in [2.05, 4.69) is 4.98 Å². The van der Waals surface area contributed by atoms with E-state index in [-0.39, 0.29) is 4.90 Å². The molecule has 1 heterocycles. The van der Waals surface area contributed by atoms with Crippen LogP contribution >= 0.6 is 11.6 Å². The Bertz CT molecular complexity index is 880. The monoisotopic (exact) mass is 305 g/mol. The van der Waals surface area contributed by atoms with Gasteiger partial charge in [-0.1, -0.05) is 35.4 Å². The summed E-state index contributed by atoms with van der Waals surface area (Å²) in [6, 6.07) is 11.9. The first-order chi connectivity index (χ1) is 9.48. The maximum Gasteiger partial charge on any atom is 0.208 e. The average Bonchev–Trinajstić information content (AvgIpc) is 2.82. The number of aromatic nitrogens is 1. The summed E-state index contributed by atoms with van der Waals surface area (Å²) >= 11 is 5.91. The van der Waals surface area contributed by atoms with Gasteiger partial charge in [0.05, 0.1) is 9.79 Å². The Balaban J connectivity index is 2.21. The van der Waals surface area contributed by atoms with Gasteiger partial charge in [0.2, 0.25) is 9.84 Å². The van der Waals surface area contributed by atoms with Crippen molar-refractivity contribution >= 4 is 32.3 Å². The largest absolute Gasteiger partial charge is 0.360 e. The summed E-state index contributed by atoms with van der Waals surface area (Å²) in [6.45, 7) is 1.92. The molecule has 0 aliphatic rings. The van der Waals surface area contributed by atoms with Crippen LogP contribution in [0.25, 0.3) is 10.9 Å². The van der Waals surface area contributed by atoms with Gasteiger partial charge in [0, 0.05) is 22.1 Å². The Labute approximate surface area is 122 Å². The van der Waals surface area contributed by atoms with Gasteiger partial charge in [-0.2, -0.15) is 0 Å². The molecule has 0 saturated carbocycles. The van der Waals surface area contributed by atoms with Crippen LogP contribution in [0.5, 0.6) is 0 Å². The van der Waals surface area contributed by atoms with Gasteiger partial charge in [-0.25, -0.2) is 8.42 Å². The minimum atomic E-state index is -3.53. The van der Waals surface area contributed by atoms with E-state index in [0.717, 1.165) is 5.56 Å². The number of hydrogen-bond donors (Lipinski definition) is 1. The predicted molar refractivity (Wildman–Crippen MR) is 79.9 cm³/mol. The molecule has 1 N–H and O–H groups in total. The van der Waals surface area contributed by atoms with Crippen LogP contribution in [0.2, 0.25) is 5.02 Å². The first-order valence-electron chi connectivity index (χ1n) is 6.07. The van der Waals surface area contributed by atoms with Crippen molar-refractivity contribution in [2.75, 3.05) is 0 Å². The Morgan fingerprint density at radius 2 is 1.75 bits per heavy atom. The second-order valence-corrected chi connectivity index (χ2v) is 7.01. The fourth-order valence-corrected chi connectivity index (χ4v) is 3.74. The minimum absolute atomic E-state index is 0.271. The number of nitrogens with one attached hydrogen (secondary N) is 1. The van der Waals surface area contributed by atoms with E-state index in [1.807, 2.05) is 6.92 Å². The summed E-state index contributed by atoms with van der Waals surface area (Å²) in [5.41, 5.74) is 1.73. The highest BCUT2D eigenvalue weighted by atomic mass is 35.5. The number of aromatic amines is 1. The fraction of sp³-hybridized carbons (Fsp3) is 0.0667. The fourth-order valence-electron chi connectivity index (χ4n) is 2.14. The van der Waals surface area contributed by atoms with Gasteiger partial charge in [-0.15, -0.1) is 0 Å². The molecule has 3 nitrogen and oxygen atoms in total. The third-order valence-electron chi connectivity index (χ3n) is 3.23. The SMILES string of the molecule is Cc1ccc(S(=O)(=O)c2c[nH]c3cc(Cl)ccc23)cc1. The lowest BCUT2D eigenvalue weighted by Crippen LogP contribution is -2.01. The first kappa shape index (κ1) is 13.2. The number of sulfone groups is 1. The number of H-pyrrole nitrogens is 1. The van der Waals surface area contributed by atoms with Crippen LogP contribution in [0.15, 0.2) is 58.5 Å². The quantitative estimate of drug-likeness (QED) is 0.779. The van der Waals surface area contributed by atoms with Crippen LogP contribution in [-0.4, -0.2) is 13.4 Å². The molecule has 0 fully saturated rings. The van der Waals surface area contributed by atoms with Gasteiger partial charge < -0.3 is 4.98 Å².